The lowest BCUT2D eigenvalue weighted by molar-refractivity contribution is -0.146. The van der Waals surface area contributed by atoms with Gasteiger partial charge in [-0.3, -0.25) is 9.59 Å². The van der Waals surface area contributed by atoms with Crippen LogP contribution in [0.3, 0.4) is 0 Å². The fourth-order valence-electron chi connectivity index (χ4n) is 3.16. The Morgan fingerprint density at radius 2 is 1.88 bits per heavy atom. The van der Waals surface area contributed by atoms with Gasteiger partial charge in [0.2, 0.25) is 0 Å². The van der Waals surface area contributed by atoms with Gasteiger partial charge in [-0.25, -0.2) is 4.98 Å². The van der Waals surface area contributed by atoms with Crippen LogP contribution in [0.5, 0.6) is 0 Å². The molecule has 0 atom stereocenters. The summed E-state index contributed by atoms with van der Waals surface area (Å²) in [5.41, 5.74) is 0.587. The Bertz CT molecular complexity index is 576. The molecule has 1 amide bonds. The molecule has 3 rings (SSSR count). The maximum Gasteiger partial charge on any atom is 0.308 e. The fraction of sp³-hybridized carbons (Fsp3) is 0.588. The Labute approximate surface area is 141 Å². The Morgan fingerprint density at radius 1 is 1.17 bits per heavy atom. The number of carbonyl (C=O) groups is 2. The highest BCUT2D eigenvalue weighted by Gasteiger charge is 2.28. The van der Waals surface area contributed by atoms with Gasteiger partial charge in [-0.1, -0.05) is 0 Å². The molecule has 1 aromatic heterocycles. The van der Waals surface area contributed by atoms with Crippen LogP contribution >= 0.6 is 0 Å². The molecule has 24 heavy (non-hydrogen) atoms. The van der Waals surface area contributed by atoms with Crippen molar-refractivity contribution in [3.8, 4) is 0 Å². The highest BCUT2D eigenvalue weighted by molar-refractivity contribution is 5.94. The van der Waals surface area contributed by atoms with E-state index in [0.717, 1.165) is 18.9 Å². The molecule has 2 fully saturated rings. The van der Waals surface area contributed by atoms with E-state index in [1.807, 2.05) is 12.1 Å². The molecule has 0 saturated carbocycles. The van der Waals surface area contributed by atoms with E-state index in [1.54, 1.807) is 11.1 Å². The third-order valence-electron chi connectivity index (χ3n) is 4.65. The summed E-state index contributed by atoms with van der Waals surface area (Å²) in [4.78, 5) is 32.5. The lowest BCUT2D eigenvalue weighted by Crippen LogP contribution is -2.40. The second-order valence-corrected chi connectivity index (χ2v) is 6.09. The van der Waals surface area contributed by atoms with Gasteiger partial charge in [-0.15, -0.1) is 0 Å². The summed E-state index contributed by atoms with van der Waals surface area (Å²) in [7, 11) is 1.40. The number of hydrogen-bond acceptors (Lipinski definition) is 6. The third kappa shape index (κ3) is 3.67. The predicted octanol–water partition coefficient (Wildman–Crippen LogP) is 0.943. The van der Waals surface area contributed by atoms with E-state index in [2.05, 4.69) is 9.88 Å². The molecule has 0 radical (unpaired) electrons. The number of anilines is 1. The van der Waals surface area contributed by atoms with Crippen molar-refractivity contribution in [1.29, 1.82) is 0 Å². The minimum absolute atomic E-state index is 0.0284. The first-order valence-electron chi connectivity index (χ1n) is 8.35. The lowest BCUT2D eigenvalue weighted by atomic mass is 9.96. The molecule has 0 aromatic carbocycles. The molecule has 2 saturated heterocycles. The summed E-state index contributed by atoms with van der Waals surface area (Å²) in [6.07, 6.45) is 2.94. The number of methoxy groups -OCH3 is 1. The lowest BCUT2D eigenvalue weighted by Gasteiger charge is -2.31. The highest BCUT2D eigenvalue weighted by atomic mass is 16.5. The molecule has 130 valence electrons. The van der Waals surface area contributed by atoms with Crippen LogP contribution in [0.1, 0.15) is 23.2 Å². The maximum absolute atomic E-state index is 12.6. The minimum atomic E-state index is -0.182. The number of likely N-dealkylation sites (tertiary alicyclic amines) is 1. The van der Waals surface area contributed by atoms with E-state index in [0.29, 0.717) is 44.7 Å². The topological polar surface area (TPSA) is 72.0 Å². The second kappa shape index (κ2) is 7.61. The molecular formula is C17H23N3O4. The summed E-state index contributed by atoms with van der Waals surface area (Å²) in [5.74, 6) is 0.568. The van der Waals surface area contributed by atoms with Crippen molar-refractivity contribution in [2.75, 3.05) is 51.4 Å². The van der Waals surface area contributed by atoms with Crippen LogP contribution in [0.25, 0.3) is 0 Å². The molecule has 0 unspecified atom stereocenters. The third-order valence-corrected chi connectivity index (χ3v) is 4.65. The first kappa shape index (κ1) is 16.7. The SMILES string of the molecule is COC(=O)C1CCN(C(=O)c2ccc(N3CCOCC3)nc2)CC1. The van der Waals surface area contributed by atoms with Gasteiger partial charge < -0.3 is 19.3 Å². The zero-order chi connectivity index (χ0) is 16.9. The molecule has 0 N–H and O–H groups in total. The Hall–Kier alpha value is -2.15. The summed E-state index contributed by atoms with van der Waals surface area (Å²) < 4.78 is 10.1. The van der Waals surface area contributed by atoms with Gasteiger partial charge in [0.05, 0.1) is 31.8 Å². The molecule has 0 bridgehead atoms. The monoisotopic (exact) mass is 333 g/mol. The van der Waals surface area contributed by atoms with Gasteiger partial charge in [-0.05, 0) is 25.0 Å². The zero-order valence-electron chi connectivity index (χ0n) is 13.9. The Morgan fingerprint density at radius 3 is 2.46 bits per heavy atom. The van der Waals surface area contributed by atoms with Crippen molar-refractivity contribution in [3.05, 3.63) is 23.9 Å². The average molecular weight is 333 g/mol. The normalized spacial score (nSPS) is 19.2. The number of rotatable bonds is 3. The molecule has 2 aliphatic rings. The van der Waals surface area contributed by atoms with Crippen LogP contribution in [-0.2, 0) is 14.3 Å². The van der Waals surface area contributed by atoms with Crippen LogP contribution < -0.4 is 4.90 Å². The van der Waals surface area contributed by atoms with Gasteiger partial charge in [0.25, 0.3) is 5.91 Å². The van der Waals surface area contributed by atoms with Crippen molar-refractivity contribution < 1.29 is 19.1 Å². The highest BCUT2D eigenvalue weighted by Crippen LogP contribution is 2.21. The molecule has 0 aliphatic carbocycles. The largest absolute Gasteiger partial charge is 0.469 e. The van der Waals surface area contributed by atoms with Crippen molar-refractivity contribution in [2.45, 2.75) is 12.8 Å². The number of carbonyl (C=O) groups excluding carboxylic acids is 2. The van der Waals surface area contributed by atoms with Gasteiger partial charge in [-0.2, -0.15) is 0 Å². The van der Waals surface area contributed by atoms with Gasteiger partial charge >= 0.3 is 5.97 Å². The smallest absolute Gasteiger partial charge is 0.308 e. The first-order chi connectivity index (χ1) is 11.7. The summed E-state index contributed by atoms with van der Waals surface area (Å²) in [6.45, 7) is 4.20. The predicted molar refractivity (Wildman–Crippen MR) is 87.9 cm³/mol. The number of morpholine rings is 1. The van der Waals surface area contributed by atoms with Gasteiger partial charge in [0, 0.05) is 32.4 Å². The van der Waals surface area contributed by atoms with Gasteiger partial charge in [0.1, 0.15) is 5.82 Å². The zero-order valence-corrected chi connectivity index (χ0v) is 13.9. The number of ether oxygens (including phenoxy) is 2. The van der Waals surface area contributed by atoms with E-state index in [9.17, 15) is 9.59 Å². The number of nitrogens with zero attached hydrogens (tertiary/aromatic N) is 3. The molecule has 7 nitrogen and oxygen atoms in total. The van der Waals surface area contributed by atoms with Crippen LogP contribution in [0.2, 0.25) is 0 Å². The van der Waals surface area contributed by atoms with Crippen molar-refractivity contribution >= 4 is 17.7 Å². The van der Waals surface area contributed by atoms with Crippen molar-refractivity contribution in [3.63, 3.8) is 0 Å². The van der Waals surface area contributed by atoms with Crippen LogP contribution in [0.15, 0.2) is 18.3 Å². The van der Waals surface area contributed by atoms with E-state index in [-0.39, 0.29) is 17.8 Å². The van der Waals surface area contributed by atoms with Crippen molar-refractivity contribution in [2.24, 2.45) is 5.92 Å². The maximum atomic E-state index is 12.6. The minimum Gasteiger partial charge on any atom is -0.469 e. The molecule has 1 aromatic rings. The second-order valence-electron chi connectivity index (χ2n) is 6.09. The van der Waals surface area contributed by atoms with Gasteiger partial charge in [0.15, 0.2) is 0 Å². The first-order valence-corrected chi connectivity index (χ1v) is 8.35. The quantitative estimate of drug-likeness (QED) is 0.767. The van der Waals surface area contributed by atoms with E-state index in [1.165, 1.54) is 7.11 Å². The summed E-state index contributed by atoms with van der Waals surface area (Å²) >= 11 is 0. The number of hydrogen-bond donors (Lipinski definition) is 0. The van der Waals surface area contributed by atoms with E-state index < -0.39 is 0 Å². The molecule has 7 heteroatoms. The molecule has 3 heterocycles. The van der Waals surface area contributed by atoms with Crippen LogP contribution in [0, 0.1) is 5.92 Å². The van der Waals surface area contributed by atoms with Crippen molar-refractivity contribution in [1.82, 2.24) is 9.88 Å². The number of pyridine rings is 1. The summed E-state index contributed by atoms with van der Waals surface area (Å²) in [5, 5.41) is 0. The van der Waals surface area contributed by atoms with E-state index in [4.69, 9.17) is 9.47 Å². The number of aromatic nitrogens is 1. The Kier molecular flexibility index (Phi) is 5.30. The number of esters is 1. The molecular weight excluding hydrogens is 310 g/mol. The average Bonchev–Trinajstić information content (AvgIpc) is 2.68. The standard InChI is InChI=1S/C17H23N3O4/c1-23-17(22)13-4-6-20(7-5-13)16(21)14-2-3-15(18-12-14)19-8-10-24-11-9-19/h2-3,12-13H,4-11H2,1H3. The number of piperidine rings is 1. The molecule has 0 spiro atoms. The fourth-order valence-corrected chi connectivity index (χ4v) is 3.16. The Balaban J connectivity index is 1.58. The van der Waals surface area contributed by atoms with E-state index >= 15 is 0 Å². The number of amides is 1. The van der Waals surface area contributed by atoms with Crippen LogP contribution in [-0.4, -0.2) is 68.3 Å². The van der Waals surface area contributed by atoms with Crippen LogP contribution in [0.4, 0.5) is 5.82 Å². The summed E-state index contributed by atoms with van der Waals surface area (Å²) in [6, 6.07) is 3.71. The molecule has 2 aliphatic heterocycles.